The lowest BCUT2D eigenvalue weighted by Crippen LogP contribution is -2.36. The van der Waals surface area contributed by atoms with Crippen LogP contribution in [0.4, 0.5) is 0 Å². The second kappa shape index (κ2) is 5.81. The summed E-state index contributed by atoms with van der Waals surface area (Å²) >= 11 is 0. The number of hydrogen-bond donors (Lipinski definition) is 1. The van der Waals surface area contributed by atoms with Crippen LogP contribution in [0.1, 0.15) is 32.6 Å². The molecule has 0 saturated carbocycles. The van der Waals surface area contributed by atoms with Crippen molar-refractivity contribution in [1.82, 2.24) is 5.32 Å². The van der Waals surface area contributed by atoms with Crippen LogP contribution in [0.5, 0.6) is 0 Å². The lowest BCUT2D eigenvalue weighted by Gasteiger charge is -2.11. The summed E-state index contributed by atoms with van der Waals surface area (Å²) in [4.78, 5) is 11.5. The molecule has 1 aliphatic rings. The molecule has 0 bridgehead atoms. The number of ether oxygens (including phenoxy) is 1. The van der Waals surface area contributed by atoms with E-state index in [4.69, 9.17) is 4.74 Å². The third kappa shape index (κ3) is 3.14. The molecule has 1 heterocycles. The minimum Gasteiger partial charge on any atom is -0.465 e. The summed E-state index contributed by atoms with van der Waals surface area (Å²) in [6.45, 7) is 6.32. The summed E-state index contributed by atoms with van der Waals surface area (Å²) in [6.07, 6.45) is 5.70. The van der Waals surface area contributed by atoms with Crippen LogP contribution >= 0.6 is 0 Å². The Bertz CT molecular complexity index is 203. The summed E-state index contributed by atoms with van der Waals surface area (Å²) in [5.74, 6) is -0.109. The molecule has 1 saturated heterocycles. The van der Waals surface area contributed by atoms with E-state index in [1.54, 1.807) is 0 Å². The molecular weight excluding hydrogens is 178 g/mol. The molecule has 3 nitrogen and oxygen atoms in total. The fraction of sp³-hybridized carbons (Fsp3) is 0.727. The average Bonchev–Trinajstić information content (AvgIpc) is 2.66. The molecule has 3 heteroatoms. The maximum atomic E-state index is 11.5. The van der Waals surface area contributed by atoms with E-state index in [-0.39, 0.29) is 18.1 Å². The highest BCUT2D eigenvalue weighted by Gasteiger charge is 2.28. The normalized spacial score (nSPS) is 26.1. The van der Waals surface area contributed by atoms with Gasteiger partial charge in [0.15, 0.2) is 0 Å². The van der Waals surface area contributed by atoms with Crippen LogP contribution < -0.4 is 5.32 Å². The average molecular weight is 197 g/mol. The second-order valence-electron chi connectivity index (χ2n) is 3.66. The summed E-state index contributed by atoms with van der Waals surface area (Å²) in [7, 11) is 0. The predicted octanol–water partition coefficient (Wildman–Crippen LogP) is 1.64. The van der Waals surface area contributed by atoms with Crippen LogP contribution in [0.3, 0.4) is 0 Å². The molecule has 80 valence electrons. The Morgan fingerprint density at radius 2 is 2.43 bits per heavy atom. The van der Waals surface area contributed by atoms with Gasteiger partial charge in [-0.3, -0.25) is 10.1 Å². The van der Waals surface area contributed by atoms with Crippen LogP contribution in [0, 0.1) is 0 Å². The minimum atomic E-state index is -0.116. The van der Waals surface area contributed by atoms with Gasteiger partial charge in [0.1, 0.15) is 6.04 Å². The van der Waals surface area contributed by atoms with E-state index in [2.05, 4.69) is 18.8 Å². The van der Waals surface area contributed by atoms with Crippen molar-refractivity contribution in [2.75, 3.05) is 6.61 Å². The molecule has 0 aromatic carbocycles. The first-order valence-electron chi connectivity index (χ1n) is 5.33. The highest BCUT2D eigenvalue weighted by molar-refractivity contribution is 5.76. The van der Waals surface area contributed by atoms with E-state index in [0.29, 0.717) is 6.61 Å². The second-order valence-corrected chi connectivity index (χ2v) is 3.66. The Labute approximate surface area is 85.5 Å². The third-order valence-electron chi connectivity index (χ3n) is 2.49. The van der Waals surface area contributed by atoms with Crippen LogP contribution in [0.15, 0.2) is 12.7 Å². The van der Waals surface area contributed by atoms with E-state index in [1.807, 2.05) is 6.08 Å². The van der Waals surface area contributed by atoms with E-state index >= 15 is 0 Å². The highest BCUT2D eigenvalue weighted by atomic mass is 16.5. The Kier molecular flexibility index (Phi) is 4.66. The molecule has 1 fully saturated rings. The molecule has 0 spiro atoms. The standard InChI is InChI=1S/C11H19NO2/c1-3-5-8-14-11(13)10-7-6-9(4-2)12-10/h4,9-10,12H,2-3,5-8H2,1H3/t9-,10+/m1/s1. The van der Waals surface area contributed by atoms with Crippen molar-refractivity contribution < 1.29 is 9.53 Å². The van der Waals surface area contributed by atoms with Crippen molar-refractivity contribution >= 4 is 5.97 Å². The van der Waals surface area contributed by atoms with Gasteiger partial charge in [0.25, 0.3) is 0 Å². The van der Waals surface area contributed by atoms with Gasteiger partial charge >= 0.3 is 5.97 Å². The highest BCUT2D eigenvalue weighted by Crippen LogP contribution is 2.14. The van der Waals surface area contributed by atoms with E-state index < -0.39 is 0 Å². The van der Waals surface area contributed by atoms with Gasteiger partial charge in [0.2, 0.25) is 0 Å². The van der Waals surface area contributed by atoms with Crippen LogP contribution in [-0.2, 0) is 9.53 Å². The van der Waals surface area contributed by atoms with Gasteiger partial charge in [-0.15, -0.1) is 6.58 Å². The van der Waals surface area contributed by atoms with Gasteiger partial charge < -0.3 is 4.74 Å². The molecule has 0 aliphatic carbocycles. The molecule has 0 radical (unpaired) electrons. The largest absolute Gasteiger partial charge is 0.465 e. The van der Waals surface area contributed by atoms with Crippen molar-refractivity contribution in [2.24, 2.45) is 0 Å². The lowest BCUT2D eigenvalue weighted by atomic mass is 10.2. The maximum absolute atomic E-state index is 11.5. The molecule has 2 atom stereocenters. The van der Waals surface area contributed by atoms with Crippen LogP contribution in [0.25, 0.3) is 0 Å². The first kappa shape index (κ1) is 11.2. The molecule has 0 unspecified atom stereocenters. The Morgan fingerprint density at radius 3 is 3.00 bits per heavy atom. The molecule has 0 aromatic heterocycles. The number of esters is 1. The molecular formula is C11H19NO2. The van der Waals surface area contributed by atoms with Gasteiger partial charge in [-0.2, -0.15) is 0 Å². The predicted molar refractivity (Wildman–Crippen MR) is 56.0 cm³/mol. The zero-order valence-electron chi connectivity index (χ0n) is 8.79. The molecule has 14 heavy (non-hydrogen) atoms. The van der Waals surface area contributed by atoms with Crippen LogP contribution in [0.2, 0.25) is 0 Å². The van der Waals surface area contributed by atoms with Crippen molar-refractivity contribution in [3.63, 3.8) is 0 Å². The number of carbonyl (C=O) groups excluding carboxylic acids is 1. The van der Waals surface area contributed by atoms with E-state index in [1.165, 1.54) is 0 Å². The zero-order chi connectivity index (χ0) is 10.4. The summed E-state index contributed by atoms with van der Waals surface area (Å²) in [5.41, 5.74) is 0. The Hall–Kier alpha value is -0.830. The van der Waals surface area contributed by atoms with E-state index in [9.17, 15) is 4.79 Å². The Morgan fingerprint density at radius 1 is 1.64 bits per heavy atom. The summed E-state index contributed by atoms with van der Waals surface area (Å²) < 4.78 is 5.12. The zero-order valence-corrected chi connectivity index (χ0v) is 8.79. The molecule has 1 aliphatic heterocycles. The summed E-state index contributed by atoms with van der Waals surface area (Å²) in [6, 6.07) is 0.161. The third-order valence-corrected chi connectivity index (χ3v) is 2.49. The Balaban J connectivity index is 2.21. The molecule has 0 amide bonds. The van der Waals surface area contributed by atoms with Gasteiger partial charge in [0.05, 0.1) is 6.61 Å². The van der Waals surface area contributed by atoms with Gasteiger partial charge in [-0.25, -0.2) is 0 Å². The molecule has 1 rings (SSSR count). The molecule has 0 aromatic rings. The summed E-state index contributed by atoms with van der Waals surface area (Å²) in [5, 5.41) is 3.17. The number of nitrogens with one attached hydrogen (secondary N) is 1. The van der Waals surface area contributed by atoms with Crippen LogP contribution in [-0.4, -0.2) is 24.7 Å². The van der Waals surface area contributed by atoms with Gasteiger partial charge in [0, 0.05) is 6.04 Å². The monoisotopic (exact) mass is 197 g/mol. The first-order valence-corrected chi connectivity index (χ1v) is 5.33. The van der Waals surface area contributed by atoms with E-state index in [0.717, 1.165) is 25.7 Å². The fourth-order valence-electron chi connectivity index (χ4n) is 1.56. The number of unbranched alkanes of at least 4 members (excludes halogenated alkanes) is 1. The quantitative estimate of drug-likeness (QED) is 0.413. The smallest absolute Gasteiger partial charge is 0.323 e. The maximum Gasteiger partial charge on any atom is 0.323 e. The number of carbonyl (C=O) groups is 1. The fourth-order valence-corrected chi connectivity index (χ4v) is 1.56. The number of rotatable bonds is 5. The SMILES string of the molecule is C=C[C@@H]1CC[C@@H](C(=O)OCCCC)N1. The first-order chi connectivity index (χ1) is 6.77. The van der Waals surface area contributed by atoms with Crippen molar-refractivity contribution in [3.8, 4) is 0 Å². The number of hydrogen-bond acceptors (Lipinski definition) is 3. The van der Waals surface area contributed by atoms with Crippen molar-refractivity contribution in [1.29, 1.82) is 0 Å². The van der Waals surface area contributed by atoms with Crippen molar-refractivity contribution in [3.05, 3.63) is 12.7 Å². The lowest BCUT2D eigenvalue weighted by molar-refractivity contribution is -0.145. The van der Waals surface area contributed by atoms with Gasteiger partial charge in [-0.1, -0.05) is 19.4 Å². The molecule has 1 N–H and O–H groups in total. The minimum absolute atomic E-state index is 0.109. The van der Waals surface area contributed by atoms with Crippen molar-refractivity contribution in [2.45, 2.75) is 44.7 Å². The topological polar surface area (TPSA) is 38.3 Å². The van der Waals surface area contributed by atoms with Gasteiger partial charge in [-0.05, 0) is 19.3 Å².